The minimum absolute atomic E-state index is 0.188. The van der Waals surface area contributed by atoms with Crippen LogP contribution >= 0.6 is 11.6 Å². The number of halogens is 1. The highest BCUT2D eigenvalue weighted by atomic mass is 35.5. The Hall–Kier alpha value is -1.40. The molecular formula is C13H18ClN3O3. The molecule has 1 aliphatic heterocycles. The molecule has 0 N–H and O–H groups in total. The molecule has 0 aliphatic carbocycles. The average Bonchev–Trinajstić information content (AvgIpc) is 2.38. The van der Waals surface area contributed by atoms with Crippen molar-refractivity contribution in [3.05, 3.63) is 23.2 Å². The first kappa shape index (κ1) is 15.0. The lowest BCUT2D eigenvalue weighted by Gasteiger charge is -2.34. The van der Waals surface area contributed by atoms with Gasteiger partial charge >= 0.3 is 6.09 Å². The van der Waals surface area contributed by atoms with Crippen molar-refractivity contribution in [2.24, 2.45) is 0 Å². The maximum Gasteiger partial charge on any atom is 0.410 e. The van der Waals surface area contributed by atoms with Gasteiger partial charge in [0.1, 0.15) is 11.7 Å². The van der Waals surface area contributed by atoms with Gasteiger partial charge in [-0.25, -0.2) is 14.8 Å². The summed E-state index contributed by atoms with van der Waals surface area (Å²) in [6.45, 7) is 6.91. The summed E-state index contributed by atoms with van der Waals surface area (Å²) in [4.78, 5) is 21.5. The molecule has 2 rings (SSSR count). The third kappa shape index (κ3) is 4.05. The Labute approximate surface area is 123 Å². The quantitative estimate of drug-likeness (QED) is 0.745. The Morgan fingerprint density at radius 2 is 2.10 bits per heavy atom. The molecule has 1 atom stereocenters. The monoisotopic (exact) mass is 299 g/mol. The third-order valence-electron chi connectivity index (χ3n) is 2.73. The Balaban J connectivity index is 2.01. The lowest BCUT2D eigenvalue weighted by Crippen LogP contribution is -2.44. The van der Waals surface area contributed by atoms with Crippen LogP contribution in [0.15, 0.2) is 12.4 Å². The fourth-order valence-corrected chi connectivity index (χ4v) is 1.93. The second kappa shape index (κ2) is 5.93. The van der Waals surface area contributed by atoms with E-state index in [4.69, 9.17) is 21.1 Å². The third-order valence-corrected chi connectivity index (χ3v) is 2.93. The SMILES string of the molecule is CC(C)(C)OC(=O)N1CCOC(c2cnc(Cl)nc2)C1. The normalized spacial score (nSPS) is 19.8. The Kier molecular flexibility index (Phi) is 4.45. The Morgan fingerprint density at radius 1 is 1.45 bits per heavy atom. The molecule has 1 unspecified atom stereocenters. The molecule has 1 amide bonds. The number of aromatic nitrogens is 2. The van der Waals surface area contributed by atoms with Crippen LogP contribution in [0, 0.1) is 0 Å². The average molecular weight is 300 g/mol. The number of amides is 1. The molecule has 1 aliphatic rings. The standard InChI is InChI=1S/C13H18ClN3O3/c1-13(2,3)20-12(18)17-4-5-19-10(8-17)9-6-15-11(14)16-7-9/h6-7,10H,4-5,8H2,1-3H3. The molecule has 1 saturated heterocycles. The molecule has 0 bridgehead atoms. The first-order chi connectivity index (χ1) is 9.35. The number of hydrogen-bond donors (Lipinski definition) is 0. The highest BCUT2D eigenvalue weighted by molar-refractivity contribution is 6.28. The van der Waals surface area contributed by atoms with Crippen molar-refractivity contribution >= 4 is 17.7 Å². The van der Waals surface area contributed by atoms with Gasteiger partial charge in [0.05, 0.1) is 13.2 Å². The van der Waals surface area contributed by atoms with Crippen molar-refractivity contribution in [3.8, 4) is 0 Å². The lowest BCUT2D eigenvalue weighted by molar-refractivity contribution is -0.0435. The number of morpholine rings is 1. The Bertz CT molecular complexity index is 473. The molecule has 1 aromatic rings. The molecule has 0 spiro atoms. The van der Waals surface area contributed by atoms with Crippen molar-refractivity contribution in [1.29, 1.82) is 0 Å². The number of carbonyl (C=O) groups is 1. The number of rotatable bonds is 1. The zero-order valence-corrected chi connectivity index (χ0v) is 12.6. The van der Waals surface area contributed by atoms with Crippen LogP contribution in [0.25, 0.3) is 0 Å². The molecule has 6 nitrogen and oxygen atoms in total. The van der Waals surface area contributed by atoms with E-state index in [1.165, 1.54) is 0 Å². The van der Waals surface area contributed by atoms with Crippen LogP contribution < -0.4 is 0 Å². The second-order valence-corrected chi connectivity index (χ2v) is 5.91. The summed E-state index contributed by atoms with van der Waals surface area (Å²) in [6.07, 6.45) is 2.63. The molecule has 110 valence electrons. The maximum absolute atomic E-state index is 12.0. The molecule has 0 radical (unpaired) electrons. The first-order valence-corrected chi connectivity index (χ1v) is 6.80. The molecule has 0 aromatic carbocycles. The summed E-state index contributed by atoms with van der Waals surface area (Å²) in [7, 11) is 0. The first-order valence-electron chi connectivity index (χ1n) is 6.42. The highest BCUT2D eigenvalue weighted by Crippen LogP contribution is 2.22. The van der Waals surface area contributed by atoms with Gasteiger partial charge < -0.3 is 14.4 Å². The number of ether oxygens (including phenoxy) is 2. The predicted molar refractivity (Wildman–Crippen MR) is 73.5 cm³/mol. The smallest absolute Gasteiger partial charge is 0.410 e. The van der Waals surface area contributed by atoms with E-state index in [2.05, 4.69) is 9.97 Å². The van der Waals surface area contributed by atoms with Gasteiger partial charge in [-0.1, -0.05) is 0 Å². The molecule has 0 saturated carbocycles. The van der Waals surface area contributed by atoms with E-state index in [0.717, 1.165) is 5.56 Å². The van der Waals surface area contributed by atoms with Gasteiger partial charge in [0.2, 0.25) is 5.28 Å². The van der Waals surface area contributed by atoms with Crippen LogP contribution in [-0.4, -0.2) is 46.3 Å². The highest BCUT2D eigenvalue weighted by Gasteiger charge is 2.29. The Morgan fingerprint density at radius 3 is 2.70 bits per heavy atom. The second-order valence-electron chi connectivity index (χ2n) is 5.57. The van der Waals surface area contributed by atoms with Crippen LogP contribution in [0.3, 0.4) is 0 Å². The summed E-state index contributed by atoms with van der Waals surface area (Å²) < 4.78 is 11.0. The lowest BCUT2D eigenvalue weighted by atomic mass is 10.1. The van der Waals surface area contributed by atoms with Crippen molar-refractivity contribution < 1.29 is 14.3 Å². The zero-order chi connectivity index (χ0) is 14.8. The van der Waals surface area contributed by atoms with Crippen molar-refractivity contribution in [1.82, 2.24) is 14.9 Å². The molecule has 20 heavy (non-hydrogen) atoms. The summed E-state index contributed by atoms with van der Waals surface area (Å²) in [6, 6.07) is 0. The van der Waals surface area contributed by atoms with E-state index >= 15 is 0 Å². The van der Waals surface area contributed by atoms with Crippen molar-refractivity contribution in [2.75, 3.05) is 19.7 Å². The maximum atomic E-state index is 12.0. The summed E-state index contributed by atoms with van der Waals surface area (Å²) >= 11 is 5.65. The van der Waals surface area contributed by atoms with Gasteiger partial charge in [0.25, 0.3) is 0 Å². The summed E-state index contributed by atoms with van der Waals surface area (Å²) in [5.41, 5.74) is 0.288. The minimum atomic E-state index is -0.506. The number of hydrogen-bond acceptors (Lipinski definition) is 5. The van der Waals surface area contributed by atoms with E-state index in [1.807, 2.05) is 20.8 Å². The minimum Gasteiger partial charge on any atom is -0.444 e. The zero-order valence-electron chi connectivity index (χ0n) is 11.8. The van der Waals surface area contributed by atoms with E-state index in [1.54, 1.807) is 17.3 Å². The molecule has 7 heteroatoms. The van der Waals surface area contributed by atoms with Crippen LogP contribution in [0.2, 0.25) is 5.28 Å². The fourth-order valence-electron chi connectivity index (χ4n) is 1.83. The van der Waals surface area contributed by atoms with Crippen LogP contribution in [-0.2, 0) is 9.47 Å². The van der Waals surface area contributed by atoms with Gasteiger partial charge in [0, 0.05) is 24.5 Å². The van der Waals surface area contributed by atoms with Gasteiger partial charge in [-0.3, -0.25) is 0 Å². The van der Waals surface area contributed by atoms with Crippen LogP contribution in [0.5, 0.6) is 0 Å². The van der Waals surface area contributed by atoms with Gasteiger partial charge in [-0.05, 0) is 32.4 Å². The van der Waals surface area contributed by atoms with Gasteiger partial charge in [-0.15, -0.1) is 0 Å². The largest absolute Gasteiger partial charge is 0.444 e. The van der Waals surface area contributed by atoms with Gasteiger partial charge in [0.15, 0.2) is 0 Å². The molecule has 1 aromatic heterocycles. The van der Waals surface area contributed by atoms with E-state index in [0.29, 0.717) is 19.7 Å². The van der Waals surface area contributed by atoms with E-state index < -0.39 is 5.60 Å². The molecular weight excluding hydrogens is 282 g/mol. The van der Waals surface area contributed by atoms with Crippen molar-refractivity contribution in [3.63, 3.8) is 0 Å². The van der Waals surface area contributed by atoms with Gasteiger partial charge in [-0.2, -0.15) is 0 Å². The fraction of sp³-hybridized carbons (Fsp3) is 0.615. The van der Waals surface area contributed by atoms with E-state index in [-0.39, 0.29) is 17.5 Å². The van der Waals surface area contributed by atoms with Crippen molar-refractivity contribution in [2.45, 2.75) is 32.5 Å². The number of carbonyl (C=O) groups excluding carboxylic acids is 1. The molecule has 2 heterocycles. The summed E-state index contributed by atoms with van der Waals surface area (Å²) in [5, 5.41) is 0.188. The summed E-state index contributed by atoms with van der Waals surface area (Å²) in [5.74, 6) is 0. The van der Waals surface area contributed by atoms with E-state index in [9.17, 15) is 4.79 Å². The predicted octanol–water partition coefficient (Wildman–Crippen LogP) is 2.44. The van der Waals surface area contributed by atoms with Crippen LogP contribution in [0.4, 0.5) is 4.79 Å². The number of nitrogens with zero attached hydrogens (tertiary/aromatic N) is 3. The topological polar surface area (TPSA) is 64.5 Å². The molecule has 1 fully saturated rings. The van der Waals surface area contributed by atoms with Crippen LogP contribution in [0.1, 0.15) is 32.4 Å².